The summed E-state index contributed by atoms with van der Waals surface area (Å²) in [4.78, 5) is 13.0. The van der Waals surface area contributed by atoms with E-state index in [1.54, 1.807) is 18.2 Å². The van der Waals surface area contributed by atoms with Gasteiger partial charge in [-0.25, -0.2) is 0 Å². The normalized spacial score (nSPS) is 19.1. The molecule has 0 saturated carbocycles. The highest BCUT2D eigenvalue weighted by molar-refractivity contribution is 6.32. The maximum absolute atomic E-state index is 10.7. The average Bonchev–Trinajstić information content (AvgIpc) is 2.41. The van der Waals surface area contributed by atoms with Crippen molar-refractivity contribution in [3.8, 4) is 5.75 Å². The molecular weight excluding hydrogens is 262 g/mol. The van der Waals surface area contributed by atoms with Crippen molar-refractivity contribution in [1.29, 1.82) is 0 Å². The van der Waals surface area contributed by atoms with E-state index >= 15 is 0 Å². The van der Waals surface area contributed by atoms with Gasteiger partial charge in [0.1, 0.15) is 12.0 Å². The van der Waals surface area contributed by atoms with E-state index in [9.17, 15) is 4.79 Å². The van der Waals surface area contributed by atoms with Crippen LogP contribution in [0.2, 0.25) is 5.02 Å². The second-order valence-electron chi connectivity index (χ2n) is 5.27. The minimum absolute atomic E-state index is 0.147. The minimum Gasteiger partial charge on any atom is -0.489 e. The van der Waals surface area contributed by atoms with Crippen LogP contribution in [0.1, 0.15) is 30.1 Å². The molecule has 0 spiro atoms. The van der Waals surface area contributed by atoms with Gasteiger partial charge in [0.2, 0.25) is 0 Å². The molecule has 1 aromatic carbocycles. The Bertz CT molecular complexity index is 442. The largest absolute Gasteiger partial charge is 0.489 e. The maximum atomic E-state index is 10.7. The van der Waals surface area contributed by atoms with Crippen molar-refractivity contribution in [3.05, 3.63) is 28.8 Å². The van der Waals surface area contributed by atoms with Gasteiger partial charge >= 0.3 is 0 Å². The number of nitrogens with zero attached hydrogens (tertiary/aromatic N) is 1. The molecule has 1 aliphatic rings. The number of benzene rings is 1. The van der Waals surface area contributed by atoms with Crippen molar-refractivity contribution in [2.75, 3.05) is 20.1 Å². The number of rotatable bonds is 4. The lowest BCUT2D eigenvalue weighted by atomic mass is 9.92. The lowest BCUT2D eigenvalue weighted by Crippen LogP contribution is -2.36. The monoisotopic (exact) mass is 281 g/mol. The van der Waals surface area contributed by atoms with E-state index in [0.717, 1.165) is 32.2 Å². The highest BCUT2D eigenvalue weighted by atomic mass is 35.5. The van der Waals surface area contributed by atoms with Gasteiger partial charge in [-0.05, 0) is 64.0 Å². The van der Waals surface area contributed by atoms with Gasteiger partial charge in [-0.2, -0.15) is 0 Å². The zero-order chi connectivity index (χ0) is 13.8. The molecule has 19 heavy (non-hydrogen) atoms. The van der Waals surface area contributed by atoms with Crippen molar-refractivity contribution in [3.63, 3.8) is 0 Å². The standard InChI is InChI=1S/C15H20ClNO2/c1-11(13-5-7-17(2)8-6-13)19-15-4-3-12(10-18)9-14(15)16/h3-4,9-11,13H,5-8H2,1-2H3. The molecule has 1 aromatic rings. The molecule has 1 unspecified atom stereocenters. The highest BCUT2D eigenvalue weighted by Gasteiger charge is 2.24. The van der Waals surface area contributed by atoms with E-state index < -0.39 is 0 Å². The Balaban J connectivity index is 1.98. The summed E-state index contributed by atoms with van der Waals surface area (Å²) in [6.07, 6.45) is 3.24. The molecule has 0 amide bonds. The molecule has 1 saturated heterocycles. The van der Waals surface area contributed by atoms with Gasteiger partial charge in [-0.15, -0.1) is 0 Å². The number of carbonyl (C=O) groups excluding carboxylic acids is 1. The molecule has 0 radical (unpaired) electrons. The predicted octanol–water partition coefficient (Wildman–Crippen LogP) is 3.26. The van der Waals surface area contributed by atoms with Crippen molar-refractivity contribution in [2.45, 2.75) is 25.9 Å². The molecule has 4 heteroatoms. The molecule has 3 nitrogen and oxygen atoms in total. The van der Waals surface area contributed by atoms with Crippen LogP contribution in [0.15, 0.2) is 18.2 Å². The molecule has 1 aliphatic heterocycles. The first kappa shape index (κ1) is 14.4. The van der Waals surface area contributed by atoms with Gasteiger partial charge in [-0.1, -0.05) is 11.6 Å². The summed E-state index contributed by atoms with van der Waals surface area (Å²) in [6.45, 7) is 4.34. The summed E-state index contributed by atoms with van der Waals surface area (Å²) in [5, 5.41) is 0.504. The minimum atomic E-state index is 0.147. The highest BCUT2D eigenvalue weighted by Crippen LogP contribution is 2.29. The first-order valence-corrected chi connectivity index (χ1v) is 7.08. The number of carbonyl (C=O) groups is 1. The number of piperidine rings is 1. The van der Waals surface area contributed by atoms with Crippen LogP contribution in [0.5, 0.6) is 5.75 Å². The molecule has 1 atom stereocenters. The molecule has 1 fully saturated rings. The van der Waals surface area contributed by atoms with Crippen molar-refractivity contribution in [2.24, 2.45) is 5.92 Å². The Hall–Kier alpha value is -1.06. The number of hydrogen-bond acceptors (Lipinski definition) is 3. The zero-order valence-electron chi connectivity index (χ0n) is 11.4. The van der Waals surface area contributed by atoms with Crippen LogP contribution in [-0.4, -0.2) is 37.4 Å². The predicted molar refractivity (Wildman–Crippen MR) is 77.2 cm³/mol. The molecular formula is C15H20ClNO2. The Morgan fingerprint density at radius 3 is 2.68 bits per heavy atom. The Morgan fingerprint density at radius 2 is 2.11 bits per heavy atom. The quantitative estimate of drug-likeness (QED) is 0.794. The summed E-state index contributed by atoms with van der Waals surface area (Å²) in [6, 6.07) is 5.15. The van der Waals surface area contributed by atoms with E-state index in [4.69, 9.17) is 16.3 Å². The van der Waals surface area contributed by atoms with Gasteiger partial charge < -0.3 is 9.64 Å². The fourth-order valence-corrected chi connectivity index (χ4v) is 2.71. The van der Waals surface area contributed by atoms with E-state index in [0.29, 0.717) is 22.3 Å². The average molecular weight is 282 g/mol. The van der Waals surface area contributed by atoms with Crippen LogP contribution in [-0.2, 0) is 0 Å². The zero-order valence-corrected chi connectivity index (χ0v) is 12.2. The van der Waals surface area contributed by atoms with Crippen LogP contribution < -0.4 is 4.74 Å². The van der Waals surface area contributed by atoms with Crippen molar-refractivity contribution in [1.82, 2.24) is 4.90 Å². The fourth-order valence-electron chi connectivity index (χ4n) is 2.48. The van der Waals surface area contributed by atoms with Crippen molar-refractivity contribution >= 4 is 17.9 Å². The Kier molecular flexibility index (Phi) is 4.83. The number of likely N-dealkylation sites (tertiary alicyclic amines) is 1. The van der Waals surface area contributed by atoms with E-state index in [2.05, 4.69) is 18.9 Å². The summed E-state index contributed by atoms with van der Waals surface area (Å²) >= 11 is 6.12. The summed E-state index contributed by atoms with van der Waals surface area (Å²) in [5.41, 5.74) is 0.573. The number of ether oxygens (including phenoxy) is 1. The fraction of sp³-hybridized carbons (Fsp3) is 0.533. The summed E-state index contributed by atoms with van der Waals surface area (Å²) < 4.78 is 5.95. The lowest BCUT2D eigenvalue weighted by Gasteiger charge is -2.32. The Labute approximate surface area is 119 Å². The molecule has 2 rings (SSSR count). The number of aldehydes is 1. The van der Waals surface area contributed by atoms with Gasteiger partial charge in [0.15, 0.2) is 0 Å². The molecule has 0 N–H and O–H groups in total. The molecule has 104 valence electrons. The number of hydrogen-bond donors (Lipinski definition) is 0. The van der Waals surface area contributed by atoms with Crippen molar-refractivity contribution < 1.29 is 9.53 Å². The van der Waals surface area contributed by atoms with E-state index in [1.165, 1.54) is 0 Å². The van der Waals surface area contributed by atoms with Crippen LogP contribution >= 0.6 is 11.6 Å². The topological polar surface area (TPSA) is 29.5 Å². The third-order valence-electron chi connectivity index (χ3n) is 3.83. The SMILES string of the molecule is CC(Oc1ccc(C=O)cc1Cl)C1CCN(C)CC1. The van der Waals surface area contributed by atoms with Gasteiger partial charge in [-0.3, -0.25) is 4.79 Å². The van der Waals surface area contributed by atoms with Crippen LogP contribution in [0.3, 0.4) is 0 Å². The Morgan fingerprint density at radius 1 is 1.42 bits per heavy atom. The molecule has 0 aromatic heterocycles. The van der Waals surface area contributed by atoms with Gasteiger partial charge in [0.05, 0.1) is 11.1 Å². The first-order chi connectivity index (χ1) is 9.10. The number of halogens is 1. The van der Waals surface area contributed by atoms with E-state index in [-0.39, 0.29) is 6.10 Å². The summed E-state index contributed by atoms with van der Waals surface area (Å²) in [5.74, 6) is 1.23. The smallest absolute Gasteiger partial charge is 0.150 e. The van der Waals surface area contributed by atoms with Crippen LogP contribution in [0.25, 0.3) is 0 Å². The third kappa shape index (κ3) is 3.71. The third-order valence-corrected chi connectivity index (χ3v) is 4.13. The van der Waals surface area contributed by atoms with Crippen LogP contribution in [0, 0.1) is 5.92 Å². The maximum Gasteiger partial charge on any atom is 0.150 e. The lowest BCUT2D eigenvalue weighted by molar-refractivity contribution is 0.0978. The van der Waals surface area contributed by atoms with Gasteiger partial charge in [0, 0.05) is 5.56 Å². The second-order valence-corrected chi connectivity index (χ2v) is 5.68. The molecule has 0 bridgehead atoms. The molecule has 0 aliphatic carbocycles. The second kappa shape index (κ2) is 6.40. The first-order valence-electron chi connectivity index (χ1n) is 6.70. The van der Waals surface area contributed by atoms with E-state index in [1.807, 2.05) is 0 Å². The van der Waals surface area contributed by atoms with Gasteiger partial charge in [0.25, 0.3) is 0 Å². The van der Waals surface area contributed by atoms with Crippen LogP contribution in [0.4, 0.5) is 0 Å². The molecule has 1 heterocycles. The summed E-state index contributed by atoms with van der Waals surface area (Å²) in [7, 11) is 2.15.